The summed E-state index contributed by atoms with van der Waals surface area (Å²) in [5, 5.41) is 14.1. The van der Waals surface area contributed by atoms with Crippen LogP contribution in [0.25, 0.3) is 21.5 Å². The standard InChI is InChI=1S/C12H11N5S/c1-7-16-17-12(18-7)9-3-8-4-11(13-2)15-6-10(8)14-5-9/h3-6H,1-2H3,(H,13,15). The van der Waals surface area contributed by atoms with Crippen LogP contribution in [0.15, 0.2) is 24.5 Å². The van der Waals surface area contributed by atoms with Gasteiger partial charge in [0.05, 0.1) is 11.7 Å². The average molecular weight is 257 g/mol. The SMILES string of the molecule is CNc1cc2cc(-c3nnc(C)s3)cnc2cn1. The van der Waals surface area contributed by atoms with Gasteiger partial charge < -0.3 is 5.32 Å². The lowest BCUT2D eigenvalue weighted by Crippen LogP contribution is -1.92. The van der Waals surface area contributed by atoms with Crippen LogP contribution in [0.5, 0.6) is 0 Å². The quantitative estimate of drug-likeness (QED) is 0.764. The fourth-order valence-corrected chi connectivity index (χ4v) is 2.37. The zero-order chi connectivity index (χ0) is 12.5. The molecule has 0 bridgehead atoms. The lowest BCUT2D eigenvalue weighted by molar-refractivity contribution is 1.05. The highest BCUT2D eigenvalue weighted by Crippen LogP contribution is 2.25. The molecule has 6 heteroatoms. The highest BCUT2D eigenvalue weighted by Gasteiger charge is 2.06. The molecule has 1 N–H and O–H groups in total. The molecule has 0 atom stereocenters. The van der Waals surface area contributed by atoms with Gasteiger partial charge in [0.25, 0.3) is 0 Å². The van der Waals surface area contributed by atoms with Gasteiger partial charge in [-0.15, -0.1) is 10.2 Å². The van der Waals surface area contributed by atoms with E-state index in [-0.39, 0.29) is 0 Å². The van der Waals surface area contributed by atoms with E-state index in [2.05, 4.69) is 31.5 Å². The molecule has 5 nitrogen and oxygen atoms in total. The Morgan fingerprint density at radius 2 is 2.00 bits per heavy atom. The molecule has 90 valence electrons. The summed E-state index contributed by atoms with van der Waals surface area (Å²) in [5.41, 5.74) is 1.86. The summed E-state index contributed by atoms with van der Waals surface area (Å²) in [6, 6.07) is 4.03. The van der Waals surface area contributed by atoms with Crippen molar-refractivity contribution in [2.24, 2.45) is 0 Å². The molecule has 0 fully saturated rings. The van der Waals surface area contributed by atoms with Crippen LogP contribution < -0.4 is 5.32 Å². The largest absolute Gasteiger partial charge is 0.373 e. The summed E-state index contributed by atoms with van der Waals surface area (Å²) in [7, 11) is 1.85. The van der Waals surface area contributed by atoms with E-state index >= 15 is 0 Å². The molecule has 3 aromatic rings. The zero-order valence-electron chi connectivity index (χ0n) is 10.0. The molecule has 0 saturated carbocycles. The Bertz CT molecular complexity index is 707. The zero-order valence-corrected chi connectivity index (χ0v) is 10.8. The van der Waals surface area contributed by atoms with Gasteiger partial charge in [0.1, 0.15) is 15.8 Å². The summed E-state index contributed by atoms with van der Waals surface area (Å²) < 4.78 is 0. The van der Waals surface area contributed by atoms with E-state index in [1.54, 1.807) is 17.5 Å². The van der Waals surface area contributed by atoms with Gasteiger partial charge in [-0.25, -0.2) is 4.98 Å². The smallest absolute Gasteiger partial charge is 0.149 e. The number of aryl methyl sites for hydroxylation is 1. The Morgan fingerprint density at radius 3 is 2.72 bits per heavy atom. The number of aromatic nitrogens is 4. The second-order valence-electron chi connectivity index (χ2n) is 3.86. The van der Waals surface area contributed by atoms with Crippen LogP contribution in [0, 0.1) is 6.92 Å². The van der Waals surface area contributed by atoms with Crippen molar-refractivity contribution in [2.45, 2.75) is 6.92 Å². The normalized spacial score (nSPS) is 10.8. The van der Waals surface area contributed by atoms with E-state index in [0.717, 1.165) is 32.3 Å². The second kappa shape index (κ2) is 4.30. The molecule has 0 radical (unpaired) electrons. The molecular weight excluding hydrogens is 246 g/mol. The van der Waals surface area contributed by atoms with Crippen LogP contribution >= 0.6 is 11.3 Å². The Kier molecular flexibility index (Phi) is 2.64. The van der Waals surface area contributed by atoms with Gasteiger partial charge in [-0.1, -0.05) is 11.3 Å². The highest BCUT2D eigenvalue weighted by molar-refractivity contribution is 7.14. The number of nitrogens with zero attached hydrogens (tertiary/aromatic N) is 4. The molecule has 3 heterocycles. The third kappa shape index (κ3) is 1.91. The summed E-state index contributed by atoms with van der Waals surface area (Å²) in [6.45, 7) is 1.94. The van der Waals surface area contributed by atoms with Crippen molar-refractivity contribution in [3.05, 3.63) is 29.5 Å². The van der Waals surface area contributed by atoms with Gasteiger partial charge in [-0.2, -0.15) is 0 Å². The number of hydrogen-bond acceptors (Lipinski definition) is 6. The van der Waals surface area contributed by atoms with Gasteiger partial charge in [0.15, 0.2) is 0 Å². The van der Waals surface area contributed by atoms with E-state index < -0.39 is 0 Å². The maximum absolute atomic E-state index is 4.39. The Balaban J connectivity index is 2.14. The lowest BCUT2D eigenvalue weighted by atomic mass is 10.2. The van der Waals surface area contributed by atoms with Crippen molar-refractivity contribution in [1.82, 2.24) is 20.2 Å². The van der Waals surface area contributed by atoms with Crippen molar-refractivity contribution in [3.63, 3.8) is 0 Å². The molecule has 3 rings (SSSR count). The van der Waals surface area contributed by atoms with Crippen molar-refractivity contribution in [2.75, 3.05) is 12.4 Å². The van der Waals surface area contributed by atoms with Gasteiger partial charge in [-0.05, 0) is 19.1 Å². The van der Waals surface area contributed by atoms with Crippen LogP contribution in [0.4, 0.5) is 5.82 Å². The minimum atomic E-state index is 0.829. The third-order valence-corrected chi connectivity index (χ3v) is 3.48. The average Bonchev–Trinajstić information content (AvgIpc) is 2.84. The van der Waals surface area contributed by atoms with Crippen LogP contribution in [0.2, 0.25) is 0 Å². The van der Waals surface area contributed by atoms with E-state index in [1.807, 2.05) is 26.2 Å². The molecule has 0 amide bonds. The number of pyridine rings is 2. The summed E-state index contributed by atoms with van der Waals surface area (Å²) >= 11 is 1.57. The van der Waals surface area contributed by atoms with Crippen LogP contribution in [-0.4, -0.2) is 27.2 Å². The first-order valence-electron chi connectivity index (χ1n) is 5.50. The maximum atomic E-state index is 4.39. The molecule has 18 heavy (non-hydrogen) atoms. The van der Waals surface area contributed by atoms with Crippen molar-refractivity contribution >= 4 is 28.1 Å². The van der Waals surface area contributed by atoms with E-state index in [4.69, 9.17) is 0 Å². The van der Waals surface area contributed by atoms with Gasteiger partial charge >= 0.3 is 0 Å². The minimum Gasteiger partial charge on any atom is -0.373 e. The molecule has 0 aromatic carbocycles. The first-order valence-corrected chi connectivity index (χ1v) is 6.32. The molecule has 0 spiro atoms. The van der Waals surface area contributed by atoms with Crippen molar-refractivity contribution in [3.8, 4) is 10.6 Å². The summed E-state index contributed by atoms with van der Waals surface area (Å²) in [6.07, 6.45) is 3.57. The van der Waals surface area contributed by atoms with Gasteiger partial charge in [0, 0.05) is 24.2 Å². The first-order chi connectivity index (χ1) is 8.76. The van der Waals surface area contributed by atoms with Gasteiger partial charge in [-0.3, -0.25) is 4.98 Å². The summed E-state index contributed by atoms with van der Waals surface area (Å²) in [5.74, 6) is 0.829. The van der Waals surface area contributed by atoms with Crippen molar-refractivity contribution < 1.29 is 0 Å². The van der Waals surface area contributed by atoms with E-state index in [9.17, 15) is 0 Å². The second-order valence-corrected chi connectivity index (χ2v) is 5.04. The topological polar surface area (TPSA) is 63.6 Å². The minimum absolute atomic E-state index is 0.829. The van der Waals surface area contributed by atoms with E-state index in [0.29, 0.717) is 0 Å². The first kappa shape index (κ1) is 11.0. The lowest BCUT2D eigenvalue weighted by Gasteiger charge is -2.02. The molecule has 0 aliphatic carbocycles. The Morgan fingerprint density at radius 1 is 1.11 bits per heavy atom. The number of anilines is 1. The van der Waals surface area contributed by atoms with Crippen LogP contribution in [-0.2, 0) is 0 Å². The fourth-order valence-electron chi connectivity index (χ4n) is 1.70. The van der Waals surface area contributed by atoms with E-state index in [1.165, 1.54) is 0 Å². The molecular formula is C12H11N5S. The van der Waals surface area contributed by atoms with Crippen molar-refractivity contribution in [1.29, 1.82) is 0 Å². The maximum Gasteiger partial charge on any atom is 0.149 e. The number of nitrogens with one attached hydrogen (secondary N) is 1. The molecule has 3 aromatic heterocycles. The molecule has 0 saturated heterocycles. The molecule has 0 aliphatic heterocycles. The number of hydrogen-bond donors (Lipinski definition) is 1. The molecule has 0 aliphatic rings. The Labute approximate surface area is 108 Å². The predicted molar refractivity (Wildman–Crippen MR) is 72.7 cm³/mol. The number of rotatable bonds is 2. The van der Waals surface area contributed by atoms with Crippen LogP contribution in [0.1, 0.15) is 5.01 Å². The highest BCUT2D eigenvalue weighted by atomic mass is 32.1. The Hall–Kier alpha value is -2.08. The van der Waals surface area contributed by atoms with Crippen LogP contribution in [0.3, 0.4) is 0 Å². The van der Waals surface area contributed by atoms with Gasteiger partial charge in [0.2, 0.25) is 0 Å². The monoisotopic (exact) mass is 257 g/mol. The third-order valence-electron chi connectivity index (χ3n) is 2.60. The number of fused-ring (bicyclic) bond motifs is 1. The fraction of sp³-hybridized carbons (Fsp3) is 0.167. The molecule has 0 unspecified atom stereocenters. The summed E-state index contributed by atoms with van der Waals surface area (Å²) in [4.78, 5) is 8.62. The predicted octanol–water partition coefficient (Wildman–Crippen LogP) is 2.50.